The van der Waals surface area contributed by atoms with Crippen molar-refractivity contribution in [3.8, 4) is 45.0 Å². The molecule has 0 unspecified atom stereocenters. The summed E-state index contributed by atoms with van der Waals surface area (Å²) in [6, 6.07) is 52.9. The lowest BCUT2D eigenvalue weighted by Gasteiger charge is -2.20. The van der Waals surface area contributed by atoms with E-state index in [-0.39, 0.29) is 10.8 Å². The summed E-state index contributed by atoms with van der Waals surface area (Å²) in [5, 5.41) is 8.96. The molecule has 0 amide bonds. The van der Waals surface area contributed by atoms with Gasteiger partial charge in [-0.3, -0.25) is 0 Å². The highest BCUT2D eigenvalue weighted by atomic mass is 16.4. The standard InChI is InChI=1S/C27H31N2O.C26H29N2O.C26H31N2O.C25H29N2O/c1-17(2)20-14-15-29(4)24(16-20)25-18(3)10-11-21-22-12-13-23(19-8-6-5-7-9-19)28-27(22)30-26(21)25;1-16(2)19-13-14-28(4)23(15-19)24-17(3)9-10-20-21-11-12-22(18-7-5-6-8-18)27-26(21)29-25(20)24;1-16(2)18-12-13-28(7)22(14-18)23-17(3)8-10-20-21-11-9-19(15-26(4,5)6)27-25(21)29-24(20)23;1-15(2)17-12-13-27(7)20(14-17)22-16(3)8-9-18-19-10-11-21(25(4,5)6)26-24(19)28-23(18)22/h10-17,19H,5-9H2,1-4H3;9-16,18H,5-8H2,1-4H3;8-14,16H,15H2,1-7H3;8-15H,1-7H3/q4*+1. The van der Waals surface area contributed by atoms with Crippen LogP contribution in [0.1, 0.15) is 258 Å². The molecule has 596 valence electrons. The predicted octanol–water partition coefficient (Wildman–Crippen LogP) is 26.2. The van der Waals surface area contributed by atoms with Crippen molar-refractivity contribution in [2.45, 2.75) is 230 Å². The van der Waals surface area contributed by atoms with E-state index in [4.69, 9.17) is 37.6 Å². The lowest BCUT2D eigenvalue weighted by Crippen LogP contribution is -2.31. The van der Waals surface area contributed by atoms with Crippen molar-refractivity contribution in [1.82, 2.24) is 19.9 Å². The highest BCUT2D eigenvalue weighted by molar-refractivity contribution is 6.12. The second kappa shape index (κ2) is 32.4. The van der Waals surface area contributed by atoms with E-state index in [9.17, 15) is 0 Å². The van der Waals surface area contributed by atoms with Crippen LogP contribution in [0.2, 0.25) is 0 Å². The van der Waals surface area contributed by atoms with Crippen LogP contribution < -0.4 is 18.3 Å². The maximum atomic E-state index is 6.48. The monoisotopic (exact) mass is 1540 g/mol. The van der Waals surface area contributed by atoms with Gasteiger partial charge in [-0.25, -0.2) is 38.2 Å². The molecule has 0 atom stereocenters. The minimum Gasteiger partial charge on any atom is -0.437 e. The van der Waals surface area contributed by atoms with Crippen LogP contribution in [-0.2, 0) is 40.0 Å². The van der Waals surface area contributed by atoms with E-state index < -0.39 is 0 Å². The molecule has 4 aromatic carbocycles. The SMILES string of the molecule is Cc1ccc2c(oc3nc(C(C)(C)C)ccc32)c1-c1cc(C(C)C)cc[n+]1C.Cc1ccc2c(oc3nc(C4CCCC4)ccc32)c1-c1cc(C(C)C)cc[n+]1C.Cc1ccc2c(oc3nc(C4CCCCC4)ccc32)c1-c1cc(C(C)C)cc[n+]1C.Cc1ccc2c(oc3nc(CC(C)(C)C)ccc32)c1-c1cc(C(C)C)cc[n+]1C. The molecular weight excluding hydrogens is 1430 g/mol. The first-order valence-electron chi connectivity index (χ1n) is 42.7. The summed E-state index contributed by atoms with van der Waals surface area (Å²) in [6.07, 6.45) is 21.2. The molecule has 16 aromatic rings. The molecule has 18 rings (SSSR count). The average Bonchev–Trinajstić information content (AvgIpc) is 1.63. The van der Waals surface area contributed by atoms with Crippen LogP contribution in [0, 0.1) is 33.1 Å². The second-order valence-electron chi connectivity index (χ2n) is 37.1. The van der Waals surface area contributed by atoms with Crippen molar-refractivity contribution in [1.29, 1.82) is 0 Å². The van der Waals surface area contributed by atoms with E-state index in [0.29, 0.717) is 35.5 Å². The van der Waals surface area contributed by atoms with E-state index >= 15 is 0 Å². The van der Waals surface area contributed by atoms with Crippen molar-refractivity contribution in [3.05, 3.63) is 238 Å². The lowest BCUT2D eigenvalue weighted by atomic mass is 9.86. The van der Waals surface area contributed by atoms with Gasteiger partial charge in [0.15, 0.2) is 47.1 Å². The summed E-state index contributed by atoms with van der Waals surface area (Å²) in [4.78, 5) is 19.6. The molecule has 12 nitrogen and oxygen atoms in total. The number of benzene rings is 4. The minimum atomic E-state index is -0.00997. The number of fused-ring (bicyclic) bond motifs is 12. The smallest absolute Gasteiger partial charge is 0.227 e. The van der Waals surface area contributed by atoms with Gasteiger partial charge >= 0.3 is 0 Å². The van der Waals surface area contributed by atoms with Gasteiger partial charge in [-0.2, -0.15) is 0 Å². The van der Waals surface area contributed by atoms with Crippen LogP contribution in [0.15, 0.2) is 188 Å². The molecule has 2 saturated carbocycles. The first kappa shape index (κ1) is 80.5. The van der Waals surface area contributed by atoms with Gasteiger partial charge in [0.1, 0.15) is 28.2 Å². The van der Waals surface area contributed by atoms with Crippen molar-refractivity contribution >= 4 is 88.3 Å². The van der Waals surface area contributed by atoms with Gasteiger partial charge in [0.05, 0.1) is 22.3 Å². The molecule has 0 spiro atoms. The van der Waals surface area contributed by atoms with Gasteiger partial charge in [0.25, 0.3) is 0 Å². The zero-order valence-electron chi connectivity index (χ0n) is 72.9. The predicted molar refractivity (Wildman–Crippen MR) is 477 cm³/mol. The van der Waals surface area contributed by atoms with Gasteiger partial charge in [-0.1, -0.05) is 178 Å². The van der Waals surface area contributed by atoms with Crippen LogP contribution in [0.4, 0.5) is 0 Å². The van der Waals surface area contributed by atoms with E-state index in [1.54, 1.807) is 0 Å². The third kappa shape index (κ3) is 16.1. The Balaban J connectivity index is 0.000000121. The molecule has 0 aliphatic heterocycles. The fourth-order valence-electron chi connectivity index (χ4n) is 17.5. The van der Waals surface area contributed by atoms with Gasteiger partial charge in [-0.15, -0.1) is 0 Å². The number of hydrogen-bond donors (Lipinski definition) is 0. The van der Waals surface area contributed by atoms with Crippen molar-refractivity contribution < 1.29 is 35.9 Å². The molecular formula is C104H120N8O4+4. The topological polar surface area (TPSA) is 120 Å². The average molecular weight is 1550 g/mol. The number of aromatic nitrogens is 8. The number of aryl methyl sites for hydroxylation is 8. The quantitative estimate of drug-likeness (QED) is 0.117. The Morgan fingerprint density at radius 2 is 0.603 bits per heavy atom. The van der Waals surface area contributed by atoms with Gasteiger partial charge in [0.2, 0.25) is 45.6 Å². The maximum Gasteiger partial charge on any atom is 0.227 e. The van der Waals surface area contributed by atoms with Crippen LogP contribution in [0.25, 0.3) is 133 Å². The van der Waals surface area contributed by atoms with E-state index in [0.717, 1.165) is 117 Å². The van der Waals surface area contributed by atoms with Gasteiger partial charge in [-0.05, 0) is 182 Å². The van der Waals surface area contributed by atoms with Crippen molar-refractivity contribution in [2.24, 2.45) is 33.6 Å². The number of nitrogens with zero attached hydrogens (tertiary/aromatic N) is 8. The number of pyridine rings is 8. The first-order chi connectivity index (χ1) is 55.4. The Hall–Kier alpha value is -10.7. The lowest BCUT2D eigenvalue weighted by molar-refractivity contribution is -0.660. The van der Waals surface area contributed by atoms with E-state index in [2.05, 4.69) is 341 Å². The van der Waals surface area contributed by atoms with Crippen molar-refractivity contribution in [3.63, 3.8) is 0 Å². The van der Waals surface area contributed by atoms with Crippen LogP contribution >= 0.6 is 0 Å². The number of hydrogen-bond acceptors (Lipinski definition) is 8. The molecule has 0 saturated heterocycles. The second-order valence-corrected chi connectivity index (χ2v) is 37.1. The summed E-state index contributed by atoms with van der Waals surface area (Å²) < 4.78 is 34.5. The minimum absolute atomic E-state index is 0.00997. The highest BCUT2D eigenvalue weighted by Crippen LogP contribution is 2.45. The van der Waals surface area contributed by atoms with Gasteiger partial charge < -0.3 is 17.7 Å². The molecule has 12 heterocycles. The largest absolute Gasteiger partial charge is 0.437 e. The highest BCUT2D eigenvalue weighted by Gasteiger charge is 2.30. The summed E-state index contributed by atoms with van der Waals surface area (Å²) in [6.45, 7) is 39.8. The summed E-state index contributed by atoms with van der Waals surface area (Å²) in [7, 11) is 8.41. The van der Waals surface area contributed by atoms with E-state index in [1.807, 2.05) is 0 Å². The third-order valence-electron chi connectivity index (χ3n) is 24.6. The van der Waals surface area contributed by atoms with E-state index in [1.165, 1.54) is 148 Å². The molecule has 0 bridgehead atoms. The van der Waals surface area contributed by atoms with Gasteiger partial charge in [0, 0.05) is 132 Å². The first-order valence-corrected chi connectivity index (χ1v) is 42.7. The molecule has 0 radical (unpaired) electrons. The van der Waals surface area contributed by atoms with Crippen LogP contribution in [-0.4, -0.2) is 19.9 Å². The van der Waals surface area contributed by atoms with Crippen LogP contribution in [0.3, 0.4) is 0 Å². The van der Waals surface area contributed by atoms with Crippen molar-refractivity contribution in [2.75, 3.05) is 0 Å². The zero-order chi connectivity index (χ0) is 82.1. The zero-order valence-corrected chi connectivity index (χ0v) is 72.9. The number of rotatable bonds is 11. The molecule has 2 aliphatic rings. The normalized spacial score (nSPS) is 13.9. The Bertz CT molecular complexity index is 6390. The fraction of sp³-hybridized carbons (Fsp3) is 0.385. The Kier molecular flexibility index (Phi) is 22.5. The maximum absolute atomic E-state index is 6.48. The Labute approximate surface area is 686 Å². The molecule has 12 heteroatoms. The fourth-order valence-corrected chi connectivity index (χ4v) is 17.5. The summed E-state index contributed by atoms with van der Waals surface area (Å²) >= 11 is 0. The van der Waals surface area contributed by atoms with Crippen LogP contribution in [0.5, 0.6) is 0 Å². The molecule has 2 fully saturated rings. The Morgan fingerprint density at radius 3 is 0.905 bits per heavy atom. The summed E-state index contributed by atoms with van der Waals surface area (Å²) in [5.74, 6) is 3.10. The third-order valence-corrected chi connectivity index (χ3v) is 24.6. The molecule has 116 heavy (non-hydrogen) atoms. The molecule has 0 N–H and O–H groups in total. The Morgan fingerprint density at radius 1 is 0.328 bits per heavy atom. The number of furan rings is 4. The molecule has 2 aliphatic carbocycles. The summed E-state index contributed by atoms with van der Waals surface area (Å²) in [5.41, 5.74) is 31.1. The molecule has 12 aromatic heterocycles.